The van der Waals surface area contributed by atoms with Crippen molar-refractivity contribution in [3.8, 4) is 0 Å². The standard InChI is InChI=1S/C9H9BN2O/c1-5-3-6(10)8-7(4-5)11-9(13)12(8)2/h3-4H,1-2H3,(H,11,13). The second-order valence-corrected chi connectivity index (χ2v) is 3.24. The third-order valence-corrected chi connectivity index (χ3v) is 2.17. The molecule has 13 heavy (non-hydrogen) atoms. The zero-order valence-electron chi connectivity index (χ0n) is 7.59. The zero-order valence-corrected chi connectivity index (χ0v) is 7.59. The van der Waals surface area contributed by atoms with Crippen LogP contribution in [0, 0.1) is 6.92 Å². The van der Waals surface area contributed by atoms with Crippen molar-refractivity contribution in [1.82, 2.24) is 9.55 Å². The van der Waals surface area contributed by atoms with E-state index in [9.17, 15) is 4.79 Å². The van der Waals surface area contributed by atoms with Gasteiger partial charge in [0.25, 0.3) is 0 Å². The monoisotopic (exact) mass is 172 g/mol. The lowest BCUT2D eigenvalue weighted by Gasteiger charge is -2.00. The van der Waals surface area contributed by atoms with E-state index < -0.39 is 0 Å². The number of nitrogens with zero attached hydrogens (tertiary/aromatic N) is 1. The van der Waals surface area contributed by atoms with Crippen molar-refractivity contribution < 1.29 is 0 Å². The van der Waals surface area contributed by atoms with E-state index in [-0.39, 0.29) is 5.69 Å². The molecule has 4 heteroatoms. The molecule has 0 amide bonds. The van der Waals surface area contributed by atoms with Crippen molar-refractivity contribution in [3.63, 3.8) is 0 Å². The molecule has 1 aromatic heterocycles. The summed E-state index contributed by atoms with van der Waals surface area (Å²) in [5, 5.41) is 0. The average Bonchev–Trinajstić information content (AvgIpc) is 2.27. The molecule has 1 aromatic carbocycles. The first-order valence-corrected chi connectivity index (χ1v) is 4.04. The van der Waals surface area contributed by atoms with E-state index in [1.165, 1.54) is 4.57 Å². The number of imidazole rings is 1. The zero-order chi connectivity index (χ0) is 9.59. The van der Waals surface area contributed by atoms with Crippen LogP contribution >= 0.6 is 0 Å². The number of H-pyrrole nitrogens is 1. The SMILES string of the molecule is [B]c1cc(C)cc2[nH]c(=O)n(C)c12. The Labute approximate surface area is 76.8 Å². The van der Waals surface area contributed by atoms with E-state index in [0.717, 1.165) is 16.6 Å². The van der Waals surface area contributed by atoms with E-state index >= 15 is 0 Å². The number of hydrogen-bond acceptors (Lipinski definition) is 1. The molecule has 0 spiro atoms. The Bertz CT molecular complexity index is 524. The highest BCUT2D eigenvalue weighted by molar-refractivity contribution is 6.38. The van der Waals surface area contributed by atoms with Crippen LogP contribution in [0.3, 0.4) is 0 Å². The van der Waals surface area contributed by atoms with Gasteiger partial charge in [0.1, 0.15) is 7.85 Å². The number of hydrogen-bond donors (Lipinski definition) is 1. The van der Waals surface area contributed by atoms with Gasteiger partial charge in [-0.1, -0.05) is 11.5 Å². The first-order chi connectivity index (χ1) is 6.09. The summed E-state index contributed by atoms with van der Waals surface area (Å²) < 4.78 is 1.52. The molecule has 0 saturated heterocycles. The van der Waals surface area contributed by atoms with E-state index in [0.29, 0.717) is 5.46 Å². The normalized spacial score (nSPS) is 10.9. The van der Waals surface area contributed by atoms with Crippen LogP contribution in [0.1, 0.15) is 5.56 Å². The maximum absolute atomic E-state index is 11.3. The second kappa shape index (κ2) is 2.52. The molecule has 2 rings (SSSR count). The summed E-state index contributed by atoms with van der Waals surface area (Å²) >= 11 is 0. The molecule has 2 radical (unpaired) electrons. The fourth-order valence-corrected chi connectivity index (χ4v) is 1.58. The van der Waals surface area contributed by atoms with Gasteiger partial charge in [-0.15, -0.1) is 0 Å². The highest BCUT2D eigenvalue weighted by atomic mass is 16.1. The van der Waals surface area contributed by atoms with Gasteiger partial charge in [-0.25, -0.2) is 4.79 Å². The summed E-state index contributed by atoms with van der Waals surface area (Å²) in [6.07, 6.45) is 0. The van der Waals surface area contributed by atoms with Crippen LogP contribution in [0.25, 0.3) is 11.0 Å². The molecule has 0 saturated carbocycles. The van der Waals surface area contributed by atoms with Gasteiger partial charge in [-0.2, -0.15) is 0 Å². The summed E-state index contributed by atoms with van der Waals surface area (Å²) in [7, 11) is 7.49. The molecule has 0 bridgehead atoms. The van der Waals surface area contributed by atoms with Crippen LogP contribution in [0.5, 0.6) is 0 Å². The molecule has 0 atom stereocenters. The number of rotatable bonds is 0. The highest BCUT2D eigenvalue weighted by Gasteiger charge is 2.05. The number of nitrogens with one attached hydrogen (secondary N) is 1. The van der Waals surface area contributed by atoms with Gasteiger partial charge < -0.3 is 4.98 Å². The van der Waals surface area contributed by atoms with Crippen molar-refractivity contribution >= 4 is 24.3 Å². The maximum atomic E-state index is 11.3. The quantitative estimate of drug-likeness (QED) is 0.556. The lowest BCUT2D eigenvalue weighted by atomic mass is 9.93. The third-order valence-electron chi connectivity index (χ3n) is 2.17. The van der Waals surface area contributed by atoms with E-state index in [4.69, 9.17) is 7.85 Å². The minimum absolute atomic E-state index is 0.132. The van der Waals surface area contributed by atoms with Gasteiger partial charge in [-0.3, -0.25) is 4.57 Å². The Morgan fingerprint density at radius 3 is 2.85 bits per heavy atom. The second-order valence-electron chi connectivity index (χ2n) is 3.24. The van der Waals surface area contributed by atoms with Crippen LogP contribution < -0.4 is 11.2 Å². The van der Waals surface area contributed by atoms with Crippen molar-refractivity contribution in [3.05, 3.63) is 28.2 Å². The summed E-state index contributed by atoms with van der Waals surface area (Å²) in [5.41, 5.74) is 3.12. The Morgan fingerprint density at radius 2 is 2.15 bits per heavy atom. The molecule has 2 aromatic rings. The molecule has 0 fully saturated rings. The van der Waals surface area contributed by atoms with Crippen molar-refractivity contribution in [2.24, 2.45) is 7.05 Å². The number of aromatic amines is 1. The highest BCUT2D eigenvalue weighted by Crippen LogP contribution is 2.07. The Kier molecular flexibility index (Phi) is 1.58. The molecular weight excluding hydrogens is 163 g/mol. The number of fused-ring (bicyclic) bond motifs is 1. The van der Waals surface area contributed by atoms with Gasteiger partial charge in [-0.05, 0) is 18.6 Å². The van der Waals surface area contributed by atoms with E-state index in [1.807, 2.05) is 19.1 Å². The summed E-state index contributed by atoms with van der Waals surface area (Å²) in [4.78, 5) is 14.0. The minimum atomic E-state index is -0.132. The Hall–Kier alpha value is -1.45. The van der Waals surface area contributed by atoms with E-state index in [2.05, 4.69) is 4.98 Å². The fourth-order valence-electron chi connectivity index (χ4n) is 1.58. The van der Waals surface area contributed by atoms with Crippen LogP contribution in [0.4, 0.5) is 0 Å². The van der Waals surface area contributed by atoms with Gasteiger partial charge >= 0.3 is 5.69 Å². The minimum Gasteiger partial charge on any atom is -0.306 e. The van der Waals surface area contributed by atoms with Gasteiger partial charge in [0.05, 0.1) is 11.0 Å². The van der Waals surface area contributed by atoms with Crippen LogP contribution in [0.2, 0.25) is 0 Å². The van der Waals surface area contributed by atoms with Crippen molar-refractivity contribution in [1.29, 1.82) is 0 Å². The molecule has 0 unspecified atom stereocenters. The fraction of sp³-hybridized carbons (Fsp3) is 0.222. The lowest BCUT2D eigenvalue weighted by molar-refractivity contribution is 0.893. The Balaban J connectivity index is 3.03. The first kappa shape index (κ1) is 8.17. The maximum Gasteiger partial charge on any atom is 0.326 e. The largest absolute Gasteiger partial charge is 0.326 e. The van der Waals surface area contributed by atoms with Crippen LogP contribution in [-0.4, -0.2) is 17.4 Å². The molecular formula is C9H9BN2O. The molecule has 3 nitrogen and oxygen atoms in total. The smallest absolute Gasteiger partial charge is 0.306 e. The lowest BCUT2D eigenvalue weighted by Crippen LogP contribution is -2.15. The van der Waals surface area contributed by atoms with Gasteiger partial charge in [0.15, 0.2) is 0 Å². The molecule has 0 aliphatic carbocycles. The topological polar surface area (TPSA) is 37.8 Å². The third kappa shape index (κ3) is 1.10. The Morgan fingerprint density at radius 1 is 1.46 bits per heavy atom. The van der Waals surface area contributed by atoms with Crippen molar-refractivity contribution in [2.75, 3.05) is 0 Å². The molecule has 64 valence electrons. The molecule has 0 aliphatic heterocycles. The molecule has 0 aliphatic rings. The number of aromatic nitrogens is 2. The van der Waals surface area contributed by atoms with Gasteiger partial charge in [0, 0.05) is 7.05 Å². The van der Waals surface area contributed by atoms with E-state index in [1.54, 1.807) is 7.05 Å². The molecule has 1 heterocycles. The average molecular weight is 172 g/mol. The summed E-state index contributed by atoms with van der Waals surface area (Å²) in [5.74, 6) is 0. The number of aryl methyl sites for hydroxylation is 2. The van der Waals surface area contributed by atoms with Crippen molar-refractivity contribution in [2.45, 2.75) is 6.92 Å². The first-order valence-electron chi connectivity index (χ1n) is 4.04. The predicted molar refractivity (Wildman–Crippen MR) is 53.7 cm³/mol. The van der Waals surface area contributed by atoms with Crippen LogP contribution in [0.15, 0.2) is 16.9 Å². The summed E-state index contributed by atoms with van der Waals surface area (Å²) in [6, 6.07) is 3.77. The predicted octanol–water partition coefficient (Wildman–Crippen LogP) is -0.0312. The summed E-state index contributed by atoms with van der Waals surface area (Å²) in [6.45, 7) is 1.95. The molecule has 1 N–H and O–H groups in total. The number of benzene rings is 1. The van der Waals surface area contributed by atoms with Gasteiger partial charge in [0.2, 0.25) is 0 Å². The van der Waals surface area contributed by atoms with Crippen LogP contribution in [-0.2, 0) is 7.05 Å².